The monoisotopic (exact) mass is 257 g/mol. The summed E-state index contributed by atoms with van der Waals surface area (Å²) in [6.45, 7) is 9.29. The van der Waals surface area contributed by atoms with E-state index in [-0.39, 0.29) is 12.1 Å². The number of nitrogens with one attached hydrogen (secondary N) is 1. The molecule has 2 unspecified atom stereocenters. The molecule has 1 saturated heterocycles. The van der Waals surface area contributed by atoms with Gasteiger partial charge in [-0.05, 0) is 46.8 Å². The molecule has 0 bridgehead atoms. The van der Waals surface area contributed by atoms with E-state index in [0.717, 1.165) is 19.4 Å². The van der Waals surface area contributed by atoms with Gasteiger partial charge in [-0.1, -0.05) is 6.92 Å². The molecule has 1 aliphatic rings. The van der Waals surface area contributed by atoms with E-state index >= 15 is 0 Å². The molecule has 1 fully saturated rings. The third-order valence-corrected chi connectivity index (χ3v) is 4.49. The van der Waals surface area contributed by atoms with Crippen LogP contribution >= 0.6 is 0 Å². The van der Waals surface area contributed by atoms with E-state index in [1.54, 1.807) is 0 Å². The molecule has 0 amide bonds. The van der Waals surface area contributed by atoms with Crippen molar-refractivity contribution in [1.82, 2.24) is 15.1 Å². The molecule has 1 rings (SSSR count). The van der Waals surface area contributed by atoms with Gasteiger partial charge in [0.2, 0.25) is 0 Å². The lowest BCUT2D eigenvalue weighted by Crippen LogP contribution is -2.51. The first-order valence-corrected chi connectivity index (χ1v) is 7.27. The van der Waals surface area contributed by atoms with Crippen LogP contribution in [0.5, 0.6) is 0 Å². The van der Waals surface area contributed by atoms with E-state index in [4.69, 9.17) is 0 Å². The fourth-order valence-corrected chi connectivity index (χ4v) is 2.63. The highest BCUT2D eigenvalue weighted by atomic mass is 16.3. The Balaban J connectivity index is 2.27. The van der Waals surface area contributed by atoms with Gasteiger partial charge < -0.3 is 20.2 Å². The van der Waals surface area contributed by atoms with Crippen molar-refractivity contribution in [3.8, 4) is 0 Å². The molecule has 0 saturated carbocycles. The zero-order chi connectivity index (χ0) is 13.6. The molecule has 0 aromatic heterocycles. The van der Waals surface area contributed by atoms with Gasteiger partial charge >= 0.3 is 0 Å². The van der Waals surface area contributed by atoms with E-state index in [0.29, 0.717) is 6.04 Å². The Morgan fingerprint density at radius 1 is 1.39 bits per heavy atom. The van der Waals surface area contributed by atoms with E-state index in [1.165, 1.54) is 26.1 Å². The summed E-state index contributed by atoms with van der Waals surface area (Å²) in [6.07, 6.45) is 3.42. The molecule has 0 radical (unpaired) electrons. The van der Waals surface area contributed by atoms with E-state index in [9.17, 15) is 5.11 Å². The molecule has 4 nitrogen and oxygen atoms in total. The van der Waals surface area contributed by atoms with Crippen LogP contribution in [0.2, 0.25) is 0 Å². The summed E-state index contributed by atoms with van der Waals surface area (Å²) in [7, 11) is 4.16. The van der Waals surface area contributed by atoms with Crippen LogP contribution < -0.4 is 5.32 Å². The van der Waals surface area contributed by atoms with Crippen molar-refractivity contribution in [3.05, 3.63) is 0 Å². The first-order chi connectivity index (χ1) is 8.54. The minimum Gasteiger partial charge on any atom is -0.394 e. The van der Waals surface area contributed by atoms with Crippen LogP contribution in [0.1, 0.15) is 33.1 Å². The van der Waals surface area contributed by atoms with Gasteiger partial charge in [0.15, 0.2) is 0 Å². The molecule has 0 spiro atoms. The Bertz CT molecular complexity index is 231. The summed E-state index contributed by atoms with van der Waals surface area (Å²) < 4.78 is 0. The van der Waals surface area contributed by atoms with E-state index in [2.05, 4.69) is 36.0 Å². The molecule has 0 aromatic carbocycles. The quantitative estimate of drug-likeness (QED) is 0.706. The topological polar surface area (TPSA) is 38.7 Å². The fourth-order valence-electron chi connectivity index (χ4n) is 2.63. The average molecular weight is 257 g/mol. The molecule has 108 valence electrons. The van der Waals surface area contributed by atoms with Gasteiger partial charge in [-0.3, -0.25) is 0 Å². The van der Waals surface area contributed by atoms with Crippen molar-refractivity contribution in [3.63, 3.8) is 0 Å². The van der Waals surface area contributed by atoms with Crippen LogP contribution in [0, 0.1) is 0 Å². The number of nitrogens with zero attached hydrogens (tertiary/aromatic N) is 2. The zero-order valence-electron chi connectivity index (χ0n) is 12.6. The van der Waals surface area contributed by atoms with Gasteiger partial charge in [-0.25, -0.2) is 0 Å². The standard InChI is InChI=1S/C14H31N3O/c1-5-13-11-17(10-9-16(13)4)8-6-7-14(2,12-18)15-3/h13,15,18H,5-12H2,1-4H3. The predicted molar refractivity (Wildman–Crippen MR) is 76.9 cm³/mol. The van der Waals surface area contributed by atoms with Crippen LogP contribution in [0.3, 0.4) is 0 Å². The minimum atomic E-state index is -0.114. The van der Waals surface area contributed by atoms with Crippen LogP contribution in [0.15, 0.2) is 0 Å². The van der Waals surface area contributed by atoms with E-state index in [1.807, 2.05) is 7.05 Å². The van der Waals surface area contributed by atoms with Crippen molar-refractivity contribution >= 4 is 0 Å². The predicted octanol–water partition coefficient (Wildman–Crippen LogP) is 0.763. The largest absolute Gasteiger partial charge is 0.394 e. The smallest absolute Gasteiger partial charge is 0.0610 e. The van der Waals surface area contributed by atoms with Crippen LogP contribution in [0.4, 0.5) is 0 Å². The number of hydrogen-bond donors (Lipinski definition) is 2. The number of likely N-dealkylation sites (N-methyl/N-ethyl adjacent to an activating group) is 2. The van der Waals surface area contributed by atoms with Gasteiger partial charge in [0.05, 0.1) is 6.61 Å². The molecule has 1 heterocycles. The lowest BCUT2D eigenvalue weighted by Gasteiger charge is -2.39. The number of rotatable bonds is 7. The lowest BCUT2D eigenvalue weighted by atomic mass is 9.97. The molecule has 2 N–H and O–H groups in total. The molecular formula is C14H31N3O. The van der Waals surface area contributed by atoms with Gasteiger partial charge in [-0.15, -0.1) is 0 Å². The highest BCUT2D eigenvalue weighted by molar-refractivity contribution is 4.83. The van der Waals surface area contributed by atoms with E-state index < -0.39 is 0 Å². The van der Waals surface area contributed by atoms with Crippen LogP contribution in [-0.4, -0.2) is 73.4 Å². The van der Waals surface area contributed by atoms with Crippen LogP contribution in [-0.2, 0) is 0 Å². The van der Waals surface area contributed by atoms with Gasteiger partial charge in [-0.2, -0.15) is 0 Å². The lowest BCUT2D eigenvalue weighted by molar-refractivity contribution is 0.0878. The Hall–Kier alpha value is -0.160. The molecule has 0 aliphatic carbocycles. The molecular weight excluding hydrogens is 226 g/mol. The third-order valence-electron chi connectivity index (χ3n) is 4.49. The summed E-state index contributed by atoms with van der Waals surface area (Å²) in [5.41, 5.74) is -0.114. The second-order valence-corrected chi connectivity index (χ2v) is 5.92. The SMILES string of the molecule is CCC1CN(CCCC(C)(CO)NC)CCN1C. The molecule has 0 aromatic rings. The fraction of sp³-hybridized carbons (Fsp3) is 1.00. The number of aliphatic hydroxyl groups excluding tert-OH is 1. The highest BCUT2D eigenvalue weighted by Gasteiger charge is 2.24. The molecule has 4 heteroatoms. The number of aliphatic hydroxyl groups is 1. The molecule has 1 aliphatic heterocycles. The normalized spacial score (nSPS) is 26.2. The molecule has 18 heavy (non-hydrogen) atoms. The number of hydrogen-bond acceptors (Lipinski definition) is 4. The maximum absolute atomic E-state index is 9.35. The van der Waals surface area contributed by atoms with Gasteiger partial charge in [0.1, 0.15) is 0 Å². The Kier molecular flexibility index (Phi) is 6.57. The second kappa shape index (κ2) is 7.43. The van der Waals surface area contributed by atoms with Gasteiger partial charge in [0.25, 0.3) is 0 Å². The first kappa shape index (κ1) is 15.9. The summed E-state index contributed by atoms with van der Waals surface area (Å²) in [5.74, 6) is 0. The van der Waals surface area contributed by atoms with Crippen molar-refractivity contribution in [1.29, 1.82) is 0 Å². The highest BCUT2D eigenvalue weighted by Crippen LogP contribution is 2.14. The zero-order valence-corrected chi connectivity index (χ0v) is 12.6. The summed E-state index contributed by atoms with van der Waals surface area (Å²) in [6, 6.07) is 0.715. The number of piperazine rings is 1. The third kappa shape index (κ3) is 4.50. The Morgan fingerprint density at radius 2 is 2.11 bits per heavy atom. The molecule has 2 atom stereocenters. The van der Waals surface area contributed by atoms with Crippen molar-refractivity contribution in [2.75, 3.05) is 46.9 Å². The summed E-state index contributed by atoms with van der Waals surface area (Å²) in [5, 5.41) is 12.6. The Morgan fingerprint density at radius 3 is 2.67 bits per heavy atom. The summed E-state index contributed by atoms with van der Waals surface area (Å²) in [4.78, 5) is 5.05. The second-order valence-electron chi connectivity index (χ2n) is 5.92. The maximum Gasteiger partial charge on any atom is 0.0610 e. The minimum absolute atomic E-state index is 0.114. The summed E-state index contributed by atoms with van der Waals surface area (Å²) >= 11 is 0. The van der Waals surface area contributed by atoms with Crippen molar-refractivity contribution in [2.45, 2.75) is 44.7 Å². The van der Waals surface area contributed by atoms with Crippen LogP contribution in [0.25, 0.3) is 0 Å². The van der Waals surface area contributed by atoms with Crippen molar-refractivity contribution < 1.29 is 5.11 Å². The average Bonchev–Trinajstić information content (AvgIpc) is 2.40. The first-order valence-electron chi connectivity index (χ1n) is 7.27. The maximum atomic E-state index is 9.35. The Labute approximate surface area is 112 Å². The van der Waals surface area contributed by atoms with Crippen molar-refractivity contribution in [2.24, 2.45) is 0 Å². The van der Waals surface area contributed by atoms with Gasteiger partial charge in [0, 0.05) is 31.2 Å².